The summed E-state index contributed by atoms with van der Waals surface area (Å²) in [5, 5.41) is 0.101. The Balaban J connectivity index is 1.62. The number of nitrogens with zero attached hydrogens (tertiary/aromatic N) is 3. The van der Waals surface area contributed by atoms with Crippen LogP contribution in [0, 0.1) is 11.7 Å². The molecule has 0 saturated carbocycles. The van der Waals surface area contributed by atoms with Crippen molar-refractivity contribution >= 4 is 29.2 Å². The topological polar surface area (TPSA) is 62.7 Å². The summed E-state index contributed by atoms with van der Waals surface area (Å²) in [4.78, 5) is 32.7. The van der Waals surface area contributed by atoms with E-state index in [4.69, 9.17) is 16.3 Å². The zero-order valence-electron chi connectivity index (χ0n) is 16.2. The van der Waals surface area contributed by atoms with Gasteiger partial charge in [0.15, 0.2) is 11.6 Å². The van der Waals surface area contributed by atoms with E-state index in [1.165, 1.54) is 18.0 Å². The van der Waals surface area contributed by atoms with Crippen molar-refractivity contribution in [3.63, 3.8) is 0 Å². The van der Waals surface area contributed by atoms with Gasteiger partial charge in [0.05, 0.1) is 18.2 Å². The summed E-state index contributed by atoms with van der Waals surface area (Å²) in [7, 11) is 0. The molecule has 3 heterocycles. The maximum absolute atomic E-state index is 14.4. The van der Waals surface area contributed by atoms with Crippen LogP contribution in [0.1, 0.15) is 24.2 Å². The SMILES string of the molecule is CC(F)c1ccc(CN2C(=O)CN(c3ncc(Cl)cc3F)C(=O)[C@H]2C2COC2)cc1. The molecule has 9 heteroatoms. The van der Waals surface area contributed by atoms with Crippen molar-refractivity contribution in [2.75, 3.05) is 24.7 Å². The van der Waals surface area contributed by atoms with Crippen LogP contribution >= 0.6 is 11.6 Å². The minimum Gasteiger partial charge on any atom is -0.380 e. The Hall–Kier alpha value is -2.58. The lowest BCUT2D eigenvalue weighted by Crippen LogP contribution is -2.65. The van der Waals surface area contributed by atoms with Crippen LogP contribution in [0.2, 0.25) is 5.02 Å². The number of carbonyl (C=O) groups excluding carboxylic acids is 2. The van der Waals surface area contributed by atoms with Crippen LogP contribution in [-0.4, -0.2) is 47.5 Å². The highest BCUT2D eigenvalue weighted by atomic mass is 35.5. The van der Waals surface area contributed by atoms with Gasteiger partial charge in [0.2, 0.25) is 5.91 Å². The number of alkyl halides is 1. The Morgan fingerprint density at radius 3 is 2.53 bits per heavy atom. The van der Waals surface area contributed by atoms with Gasteiger partial charge in [0.25, 0.3) is 5.91 Å². The van der Waals surface area contributed by atoms with Crippen molar-refractivity contribution in [1.82, 2.24) is 9.88 Å². The summed E-state index contributed by atoms with van der Waals surface area (Å²) in [5.41, 5.74) is 1.31. The third-order valence-electron chi connectivity index (χ3n) is 5.41. The molecule has 0 N–H and O–H groups in total. The normalized spacial score (nSPS) is 21.0. The van der Waals surface area contributed by atoms with Crippen molar-refractivity contribution in [2.24, 2.45) is 5.92 Å². The molecule has 1 unspecified atom stereocenters. The van der Waals surface area contributed by atoms with Gasteiger partial charge in [-0.3, -0.25) is 14.5 Å². The first-order chi connectivity index (χ1) is 14.3. The first-order valence-electron chi connectivity index (χ1n) is 9.57. The molecule has 6 nitrogen and oxygen atoms in total. The highest BCUT2D eigenvalue weighted by Crippen LogP contribution is 2.30. The highest BCUT2D eigenvalue weighted by molar-refractivity contribution is 6.30. The molecule has 2 aliphatic rings. The molecule has 1 aromatic carbocycles. The van der Waals surface area contributed by atoms with Gasteiger partial charge in [-0.25, -0.2) is 13.8 Å². The third kappa shape index (κ3) is 3.89. The number of ether oxygens (including phenoxy) is 1. The number of hydrogen-bond donors (Lipinski definition) is 0. The molecule has 1 aromatic heterocycles. The van der Waals surface area contributed by atoms with Gasteiger partial charge in [-0.2, -0.15) is 0 Å². The van der Waals surface area contributed by atoms with Crippen molar-refractivity contribution in [1.29, 1.82) is 0 Å². The first-order valence-corrected chi connectivity index (χ1v) is 9.95. The van der Waals surface area contributed by atoms with Gasteiger partial charge >= 0.3 is 0 Å². The zero-order valence-corrected chi connectivity index (χ0v) is 17.0. The molecule has 2 aliphatic heterocycles. The van der Waals surface area contributed by atoms with E-state index in [9.17, 15) is 18.4 Å². The second-order valence-corrected chi connectivity index (χ2v) is 7.94. The lowest BCUT2D eigenvalue weighted by Gasteiger charge is -2.45. The molecule has 0 radical (unpaired) electrons. The number of amides is 2. The lowest BCUT2D eigenvalue weighted by atomic mass is 9.92. The zero-order chi connectivity index (χ0) is 21.4. The molecule has 0 bridgehead atoms. The fourth-order valence-corrected chi connectivity index (χ4v) is 3.85. The summed E-state index contributed by atoms with van der Waals surface area (Å²) >= 11 is 5.75. The van der Waals surface area contributed by atoms with Gasteiger partial charge in [-0.1, -0.05) is 35.9 Å². The molecule has 2 atom stereocenters. The Kier molecular flexibility index (Phi) is 5.71. The summed E-state index contributed by atoms with van der Waals surface area (Å²) in [6, 6.07) is 7.07. The van der Waals surface area contributed by atoms with E-state index >= 15 is 0 Å². The van der Waals surface area contributed by atoms with E-state index in [1.54, 1.807) is 24.3 Å². The molecule has 2 saturated heterocycles. The van der Waals surface area contributed by atoms with Crippen molar-refractivity contribution in [2.45, 2.75) is 25.7 Å². The average molecular weight is 436 g/mol. The Bertz CT molecular complexity index is 966. The van der Waals surface area contributed by atoms with Crippen LogP contribution in [0.4, 0.5) is 14.6 Å². The van der Waals surface area contributed by atoms with Crippen molar-refractivity contribution in [3.8, 4) is 0 Å². The molecule has 0 aliphatic carbocycles. The fourth-order valence-electron chi connectivity index (χ4n) is 3.70. The maximum Gasteiger partial charge on any atom is 0.251 e. The number of piperazine rings is 1. The Labute approximate surface area is 177 Å². The van der Waals surface area contributed by atoms with Gasteiger partial charge < -0.3 is 9.64 Å². The standard InChI is InChI=1S/C21H20ClF2N3O3/c1-12(23)14-4-2-13(3-5-14)8-26-18(28)9-27(20-17(24)6-16(22)7-25-20)21(29)19(26)15-10-30-11-15/h2-7,12,15,19H,8-11H2,1H3/t12?,19-/m1/s1. The second-order valence-electron chi connectivity index (χ2n) is 7.50. The average Bonchev–Trinajstić information content (AvgIpc) is 2.66. The van der Waals surface area contributed by atoms with Crippen LogP contribution in [0.3, 0.4) is 0 Å². The molecule has 2 amide bonds. The number of pyridine rings is 1. The third-order valence-corrected chi connectivity index (χ3v) is 5.62. The quantitative estimate of drug-likeness (QED) is 0.723. The van der Waals surface area contributed by atoms with Crippen molar-refractivity contribution in [3.05, 3.63) is 58.5 Å². The van der Waals surface area contributed by atoms with Gasteiger partial charge in [0.1, 0.15) is 18.8 Å². The number of anilines is 1. The predicted molar refractivity (Wildman–Crippen MR) is 106 cm³/mol. The fraction of sp³-hybridized carbons (Fsp3) is 0.381. The smallest absolute Gasteiger partial charge is 0.251 e. The van der Waals surface area contributed by atoms with E-state index in [1.807, 2.05) is 0 Å². The summed E-state index contributed by atoms with van der Waals surface area (Å²) in [5.74, 6) is -1.92. The minimum atomic E-state index is -1.09. The van der Waals surface area contributed by atoms with E-state index in [2.05, 4.69) is 4.98 Å². The number of aromatic nitrogens is 1. The van der Waals surface area contributed by atoms with Gasteiger partial charge in [-0.05, 0) is 24.1 Å². The highest BCUT2D eigenvalue weighted by Gasteiger charge is 2.47. The number of rotatable bonds is 5. The number of halogens is 3. The van der Waals surface area contributed by atoms with Crippen LogP contribution < -0.4 is 4.90 Å². The van der Waals surface area contributed by atoms with Crippen LogP contribution in [0.15, 0.2) is 36.5 Å². The van der Waals surface area contributed by atoms with Crippen molar-refractivity contribution < 1.29 is 23.1 Å². The maximum atomic E-state index is 14.4. The summed E-state index contributed by atoms with van der Waals surface area (Å²) in [6.45, 7) is 1.99. The molecule has 0 spiro atoms. The van der Waals surface area contributed by atoms with Crippen LogP contribution in [0.25, 0.3) is 0 Å². The predicted octanol–water partition coefficient (Wildman–Crippen LogP) is 3.30. The molecule has 4 rings (SSSR count). The molecule has 30 heavy (non-hydrogen) atoms. The molecular formula is C21H20ClF2N3O3. The molecule has 2 aromatic rings. The molecular weight excluding hydrogens is 416 g/mol. The second kappa shape index (κ2) is 8.28. The largest absolute Gasteiger partial charge is 0.380 e. The van der Waals surface area contributed by atoms with E-state index in [0.29, 0.717) is 18.8 Å². The number of hydrogen-bond acceptors (Lipinski definition) is 4. The lowest BCUT2D eigenvalue weighted by molar-refractivity contribution is -0.155. The van der Waals surface area contributed by atoms with Gasteiger partial charge in [0, 0.05) is 18.7 Å². The van der Waals surface area contributed by atoms with E-state index in [0.717, 1.165) is 16.5 Å². The van der Waals surface area contributed by atoms with E-state index < -0.39 is 23.9 Å². The van der Waals surface area contributed by atoms with E-state index in [-0.39, 0.29) is 35.8 Å². The number of benzene rings is 1. The Morgan fingerprint density at radius 2 is 1.97 bits per heavy atom. The summed E-state index contributed by atoms with van der Waals surface area (Å²) < 4.78 is 33.1. The molecule has 158 valence electrons. The minimum absolute atomic E-state index is 0.101. The van der Waals surface area contributed by atoms with Gasteiger partial charge in [-0.15, -0.1) is 0 Å². The van der Waals surface area contributed by atoms with Crippen LogP contribution in [-0.2, 0) is 20.9 Å². The monoisotopic (exact) mass is 435 g/mol. The summed E-state index contributed by atoms with van der Waals surface area (Å²) in [6.07, 6.45) is 0.145. The first kappa shape index (κ1) is 20.7. The molecule has 2 fully saturated rings. The Morgan fingerprint density at radius 1 is 1.27 bits per heavy atom. The van der Waals surface area contributed by atoms with Crippen LogP contribution in [0.5, 0.6) is 0 Å². The number of carbonyl (C=O) groups is 2.